The topological polar surface area (TPSA) is 189 Å². The largest absolute Gasteiger partial charge is 0.507 e. The minimum absolute atomic E-state index is 0.00000209. The van der Waals surface area contributed by atoms with Gasteiger partial charge in [-0.25, -0.2) is 0 Å². The maximum Gasteiger partial charge on any atom is 0.202 e. The SMILES string of the molecule is COc1cccc2c1C(=O)c1c(O)c3c(c(O)c1C2=O)C[C@@](O)(C(C)(C)O)C[C@@H]3O[C@H]1C[C@H](N)[C@H](O)[C@H](C)O1. The van der Waals surface area contributed by atoms with Gasteiger partial charge in [0.15, 0.2) is 12.1 Å². The van der Waals surface area contributed by atoms with Crippen LogP contribution in [0, 0.1) is 0 Å². The Hall–Kier alpha value is -3.06. The molecule has 39 heavy (non-hydrogen) atoms. The fourth-order valence-corrected chi connectivity index (χ4v) is 5.86. The van der Waals surface area contributed by atoms with Gasteiger partial charge in [0.25, 0.3) is 0 Å². The maximum absolute atomic E-state index is 13.7. The first kappa shape index (κ1) is 27.5. The van der Waals surface area contributed by atoms with E-state index in [4.69, 9.17) is 19.9 Å². The molecule has 1 fully saturated rings. The number of carbonyl (C=O) groups is 2. The summed E-state index contributed by atoms with van der Waals surface area (Å²) in [6, 6.07) is 3.80. The Labute approximate surface area is 224 Å². The van der Waals surface area contributed by atoms with Crippen LogP contribution >= 0.6 is 0 Å². The molecule has 1 saturated heterocycles. The number of fused-ring (bicyclic) bond motifs is 3. The summed E-state index contributed by atoms with van der Waals surface area (Å²) < 4.78 is 17.2. The molecule has 0 aromatic heterocycles. The van der Waals surface area contributed by atoms with Gasteiger partial charge in [-0.2, -0.15) is 0 Å². The fraction of sp³-hybridized carbons (Fsp3) is 0.500. The number of hydrogen-bond donors (Lipinski definition) is 6. The Bertz CT molecular complexity index is 1350. The Morgan fingerprint density at radius 1 is 1.10 bits per heavy atom. The van der Waals surface area contributed by atoms with E-state index in [-0.39, 0.29) is 47.3 Å². The van der Waals surface area contributed by atoms with E-state index in [1.165, 1.54) is 39.2 Å². The number of hydrogen-bond acceptors (Lipinski definition) is 11. The Balaban J connectivity index is 1.69. The van der Waals surface area contributed by atoms with E-state index in [1.807, 2.05) is 0 Å². The standard InChI is InChI=1S/C28H33NO10/c1-11-22(30)14(29)8-17(38-11)39-16-10-28(36,27(2,3)35)9-13-19(16)26(34)21-20(24(13)32)23(31)12-6-5-7-15(37-4)18(12)25(21)33/h5-7,11,14,16-17,22,30,32,34-36H,8-10,29H2,1-4H3/t11-,14-,16-,17-,22+,28-/m0/s1. The summed E-state index contributed by atoms with van der Waals surface area (Å²) in [4.78, 5) is 27.3. The minimum Gasteiger partial charge on any atom is -0.507 e. The maximum atomic E-state index is 13.7. The van der Waals surface area contributed by atoms with Gasteiger partial charge in [-0.3, -0.25) is 9.59 Å². The van der Waals surface area contributed by atoms with Gasteiger partial charge in [0, 0.05) is 42.0 Å². The van der Waals surface area contributed by atoms with Gasteiger partial charge >= 0.3 is 0 Å². The summed E-state index contributed by atoms with van der Waals surface area (Å²) in [5, 5.41) is 55.6. The van der Waals surface area contributed by atoms with Crippen LogP contribution in [0.4, 0.5) is 0 Å². The van der Waals surface area contributed by atoms with Crippen molar-refractivity contribution in [3.63, 3.8) is 0 Å². The lowest BCUT2D eigenvalue weighted by Crippen LogP contribution is -2.56. The number of aromatic hydroxyl groups is 2. The van der Waals surface area contributed by atoms with Crippen LogP contribution in [0.3, 0.4) is 0 Å². The van der Waals surface area contributed by atoms with Crippen LogP contribution in [0.5, 0.6) is 17.2 Å². The van der Waals surface area contributed by atoms with Gasteiger partial charge in [-0.1, -0.05) is 12.1 Å². The third-order valence-corrected chi connectivity index (χ3v) is 8.28. The van der Waals surface area contributed by atoms with Gasteiger partial charge < -0.3 is 45.5 Å². The van der Waals surface area contributed by atoms with Gasteiger partial charge in [0.1, 0.15) is 17.2 Å². The molecule has 1 aliphatic heterocycles. The number of aliphatic hydroxyl groups excluding tert-OH is 1. The first-order valence-corrected chi connectivity index (χ1v) is 12.8. The van der Waals surface area contributed by atoms with E-state index in [0.29, 0.717) is 0 Å². The summed E-state index contributed by atoms with van der Waals surface area (Å²) in [5.41, 5.74) is 1.60. The van der Waals surface area contributed by atoms with E-state index >= 15 is 0 Å². The number of benzene rings is 2. The summed E-state index contributed by atoms with van der Waals surface area (Å²) in [7, 11) is 1.35. The van der Waals surface area contributed by atoms with Crippen molar-refractivity contribution in [3.8, 4) is 17.2 Å². The monoisotopic (exact) mass is 543 g/mol. The second-order valence-corrected chi connectivity index (χ2v) is 11.1. The summed E-state index contributed by atoms with van der Waals surface area (Å²) in [5.74, 6) is -2.46. The van der Waals surface area contributed by atoms with Crippen molar-refractivity contribution in [1.82, 2.24) is 0 Å². The number of methoxy groups -OCH3 is 1. The molecular weight excluding hydrogens is 510 g/mol. The molecule has 6 atom stereocenters. The van der Waals surface area contributed by atoms with Crippen LogP contribution in [0.15, 0.2) is 18.2 Å². The van der Waals surface area contributed by atoms with Crippen molar-refractivity contribution >= 4 is 11.6 Å². The quantitative estimate of drug-likeness (QED) is 0.259. The van der Waals surface area contributed by atoms with Crippen molar-refractivity contribution in [1.29, 1.82) is 0 Å². The average molecular weight is 544 g/mol. The molecule has 2 aromatic carbocycles. The zero-order chi connectivity index (χ0) is 28.6. The summed E-state index contributed by atoms with van der Waals surface area (Å²) in [6.07, 6.45) is -4.28. The molecule has 0 spiro atoms. The molecule has 2 aliphatic carbocycles. The number of ketones is 2. The summed E-state index contributed by atoms with van der Waals surface area (Å²) in [6.45, 7) is 4.41. The van der Waals surface area contributed by atoms with E-state index < -0.39 is 76.0 Å². The molecule has 0 bridgehead atoms. The second kappa shape index (κ2) is 9.26. The van der Waals surface area contributed by atoms with E-state index in [1.54, 1.807) is 6.92 Å². The Kier molecular flexibility index (Phi) is 6.53. The lowest BCUT2D eigenvalue weighted by molar-refractivity contribution is -0.254. The summed E-state index contributed by atoms with van der Waals surface area (Å²) >= 11 is 0. The van der Waals surface area contributed by atoms with Crippen LogP contribution in [-0.4, -0.2) is 80.0 Å². The van der Waals surface area contributed by atoms with Gasteiger partial charge in [0.2, 0.25) is 5.78 Å². The van der Waals surface area contributed by atoms with Crippen molar-refractivity contribution < 1.29 is 49.3 Å². The van der Waals surface area contributed by atoms with Gasteiger partial charge in [-0.15, -0.1) is 0 Å². The second-order valence-electron chi connectivity index (χ2n) is 11.1. The van der Waals surface area contributed by atoms with E-state index in [2.05, 4.69) is 0 Å². The molecule has 11 nitrogen and oxygen atoms in total. The normalized spacial score (nSPS) is 30.4. The molecule has 7 N–H and O–H groups in total. The third kappa shape index (κ3) is 4.12. The third-order valence-electron chi connectivity index (χ3n) is 8.28. The highest BCUT2D eigenvalue weighted by Gasteiger charge is 2.52. The number of phenolic OH excluding ortho intramolecular Hbond substituents is 2. The molecule has 1 heterocycles. The Morgan fingerprint density at radius 3 is 2.38 bits per heavy atom. The average Bonchev–Trinajstić information content (AvgIpc) is 2.86. The predicted molar refractivity (Wildman–Crippen MR) is 136 cm³/mol. The minimum atomic E-state index is -1.87. The number of ether oxygens (including phenoxy) is 3. The van der Waals surface area contributed by atoms with Crippen LogP contribution in [0.2, 0.25) is 0 Å². The molecule has 5 rings (SSSR count). The predicted octanol–water partition coefficient (Wildman–Crippen LogP) is 1.21. The highest BCUT2D eigenvalue weighted by atomic mass is 16.7. The van der Waals surface area contributed by atoms with Crippen LogP contribution in [0.1, 0.15) is 82.7 Å². The zero-order valence-electron chi connectivity index (χ0n) is 22.1. The number of rotatable bonds is 4. The highest BCUT2D eigenvalue weighted by Crippen LogP contribution is 2.54. The first-order chi connectivity index (χ1) is 18.2. The van der Waals surface area contributed by atoms with Crippen LogP contribution in [0.25, 0.3) is 0 Å². The van der Waals surface area contributed by atoms with Crippen molar-refractivity contribution in [2.75, 3.05) is 7.11 Å². The van der Waals surface area contributed by atoms with Crippen LogP contribution < -0.4 is 10.5 Å². The lowest BCUT2D eigenvalue weighted by atomic mass is 9.68. The van der Waals surface area contributed by atoms with E-state index in [9.17, 15) is 35.1 Å². The molecule has 3 aliphatic rings. The molecule has 0 radical (unpaired) electrons. The highest BCUT2D eigenvalue weighted by molar-refractivity contribution is 6.31. The van der Waals surface area contributed by atoms with Gasteiger partial charge in [-0.05, 0) is 26.8 Å². The van der Waals surface area contributed by atoms with Gasteiger partial charge in [0.05, 0.1) is 53.3 Å². The molecule has 0 amide bonds. The van der Waals surface area contributed by atoms with Crippen LogP contribution in [-0.2, 0) is 15.9 Å². The first-order valence-electron chi connectivity index (χ1n) is 12.8. The number of carbonyl (C=O) groups excluding carboxylic acids is 2. The molecule has 0 saturated carbocycles. The number of aliphatic hydroxyl groups is 3. The zero-order valence-corrected chi connectivity index (χ0v) is 22.1. The molecule has 210 valence electrons. The molecule has 2 aromatic rings. The smallest absolute Gasteiger partial charge is 0.202 e. The number of phenols is 2. The van der Waals surface area contributed by atoms with Crippen molar-refractivity contribution in [3.05, 3.63) is 51.6 Å². The molecule has 11 heteroatoms. The lowest BCUT2D eigenvalue weighted by Gasteiger charge is -2.47. The Morgan fingerprint density at radius 2 is 1.77 bits per heavy atom. The van der Waals surface area contributed by atoms with Crippen molar-refractivity contribution in [2.45, 2.75) is 81.9 Å². The van der Waals surface area contributed by atoms with E-state index in [0.717, 1.165) is 0 Å². The number of nitrogens with two attached hydrogens (primary N) is 1. The molecule has 0 unspecified atom stereocenters. The fourth-order valence-electron chi connectivity index (χ4n) is 5.86. The molecular formula is C28H33NO10. The van der Waals surface area contributed by atoms with Crippen molar-refractivity contribution in [2.24, 2.45) is 5.73 Å².